The molecule has 0 aromatic heterocycles. The average Bonchev–Trinajstić information content (AvgIpc) is 3.14. The summed E-state index contributed by atoms with van der Waals surface area (Å²) in [6.45, 7) is 2.57. The fourth-order valence-electron chi connectivity index (χ4n) is 2.26. The number of benzene rings is 1. The second kappa shape index (κ2) is 5.61. The van der Waals surface area contributed by atoms with Crippen LogP contribution in [0.4, 0.5) is 4.39 Å². The van der Waals surface area contributed by atoms with Crippen molar-refractivity contribution in [2.45, 2.75) is 38.3 Å². The van der Waals surface area contributed by atoms with Crippen molar-refractivity contribution in [2.75, 3.05) is 6.54 Å². The molecule has 1 saturated carbocycles. The summed E-state index contributed by atoms with van der Waals surface area (Å²) in [6, 6.07) is 6.88. The summed E-state index contributed by atoms with van der Waals surface area (Å²) < 4.78 is 13.4. The van der Waals surface area contributed by atoms with Gasteiger partial charge >= 0.3 is 0 Å². The van der Waals surface area contributed by atoms with Crippen LogP contribution in [0.1, 0.15) is 37.9 Å². The Labute approximate surface area is 102 Å². The molecule has 2 rings (SSSR count). The summed E-state index contributed by atoms with van der Waals surface area (Å²) >= 11 is 0. The number of hydrogen-bond acceptors (Lipinski definition) is 2. The number of aliphatic hydroxyl groups excluding tert-OH is 1. The Morgan fingerprint density at radius 1 is 1.41 bits per heavy atom. The second-order valence-electron chi connectivity index (χ2n) is 4.80. The number of halogens is 1. The van der Waals surface area contributed by atoms with Crippen molar-refractivity contribution in [1.82, 2.24) is 5.32 Å². The van der Waals surface area contributed by atoms with Crippen LogP contribution in [0.2, 0.25) is 0 Å². The molecule has 0 bridgehead atoms. The molecule has 3 heteroatoms. The molecule has 17 heavy (non-hydrogen) atoms. The van der Waals surface area contributed by atoms with Crippen LogP contribution >= 0.6 is 0 Å². The van der Waals surface area contributed by atoms with Crippen molar-refractivity contribution >= 4 is 0 Å². The van der Waals surface area contributed by atoms with Crippen LogP contribution < -0.4 is 5.32 Å². The Bertz CT molecular complexity index is 365. The zero-order valence-corrected chi connectivity index (χ0v) is 10.2. The third kappa shape index (κ3) is 3.27. The summed E-state index contributed by atoms with van der Waals surface area (Å²) in [4.78, 5) is 0. The Kier molecular flexibility index (Phi) is 4.13. The number of aliphatic hydroxyl groups is 1. The van der Waals surface area contributed by atoms with Gasteiger partial charge in [-0.3, -0.25) is 0 Å². The first kappa shape index (κ1) is 12.5. The van der Waals surface area contributed by atoms with Gasteiger partial charge in [0.25, 0.3) is 0 Å². The molecule has 2 N–H and O–H groups in total. The van der Waals surface area contributed by atoms with Gasteiger partial charge < -0.3 is 10.4 Å². The maximum atomic E-state index is 13.4. The van der Waals surface area contributed by atoms with Crippen LogP contribution in [-0.2, 0) is 0 Å². The van der Waals surface area contributed by atoms with Gasteiger partial charge in [0, 0.05) is 18.2 Å². The highest BCUT2D eigenvalue weighted by Gasteiger charge is 2.29. The number of rotatable bonds is 6. The largest absolute Gasteiger partial charge is 0.387 e. The Morgan fingerprint density at radius 3 is 2.71 bits per heavy atom. The van der Waals surface area contributed by atoms with Crippen molar-refractivity contribution < 1.29 is 9.50 Å². The van der Waals surface area contributed by atoms with Crippen LogP contribution in [0.5, 0.6) is 0 Å². The molecule has 0 aliphatic heterocycles. The molecule has 0 amide bonds. The average molecular weight is 237 g/mol. The molecule has 1 aromatic rings. The third-order valence-electron chi connectivity index (χ3n) is 3.47. The van der Waals surface area contributed by atoms with E-state index in [1.165, 1.54) is 18.9 Å². The lowest BCUT2D eigenvalue weighted by molar-refractivity contribution is 0.163. The monoisotopic (exact) mass is 237 g/mol. The van der Waals surface area contributed by atoms with E-state index in [1.54, 1.807) is 18.2 Å². The predicted octanol–water partition coefficient (Wildman–Crippen LogP) is 2.64. The van der Waals surface area contributed by atoms with E-state index in [0.717, 1.165) is 12.3 Å². The van der Waals surface area contributed by atoms with E-state index < -0.39 is 6.10 Å². The van der Waals surface area contributed by atoms with E-state index >= 15 is 0 Å². The van der Waals surface area contributed by atoms with Crippen LogP contribution in [0.25, 0.3) is 0 Å². The van der Waals surface area contributed by atoms with Crippen LogP contribution in [0.15, 0.2) is 24.3 Å². The van der Waals surface area contributed by atoms with E-state index in [2.05, 4.69) is 12.2 Å². The molecular weight excluding hydrogens is 217 g/mol. The van der Waals surface area contributed by atoms with Gasteiger partial charge in [0.15, 0.2) is 0 Å². The summed E-state index contributed by atoms with van der Waals surface area (Å²) in [7, 11) is 0. The van der Waals surface area contributed by atoms with Gasteiger partial charge in [-0.05, 0) is 31.2 Å². The number of nitrogens with one attached hydrogen (secondary N) is 1. The SMILES string of the molecule is CCC(NCC(O)c1ccccc1F)C1CC1. The molecule has 1 fully saturated rings. The predicted molar refractivity (Wildman–Crippen MR) is 66.2 cm³/mol. The minimum atomic E-state index is -0.760. The first-order valence-corrected chi connectivity index (χ1v) is 6.38. The normalized spacial score (nSPS) is 19.0. The Balaban J connectivity index is 1.88. The van der Waals surface area contributed by atoms with E-state index in [9.17, 15) is 9.50 Å². The first-order valence-electron chi connectivity index (χ1n) is 6.38. The van der Waals surface area contributed by atoms with Gasteiger partial charge in [0.2, 0.25) is 0 Å². The van der Waals surface area contributed by atoms with Crippen molar-refractivity contribution in [1.29, 1.82) is 0 Å². The first-order chi connectivity index (χ1) is 8.22. The standard InChI is InChI=1S/C14H20FNO/c1-2-13(10-7-8-10)16-9-14(17)11-5-3-4-6-12(11)15/h3-6,10,13-14,16-17H,2,7-9H2,1H3. The summed E-state index contributed by atoms with van der Waals surface area (Å²) in [6.07, 6.45) is 2.86. The number of hydrogen-bond donors (Lipinski definition) is 2. The Morgan fingerprint density at radius 2 is 2.12 bits per heavy atom. The highest BCUT2D eigenvalue weighted by Crippen LogP contribution is 2.34. The molecule has 1 aromatic carbocycles. The van der Waals surface area contributed by atoms with E-state index in [-0.39, 0.29) is 5.82 Å². The van der Waals surface area contributed by atoms with Crippen molar-refractivity contribution in [3.8, 4) is 0 Å². The summed E-state index contributed by atoms with van der Waals surface area (Å²) in [5.41, 5.74) is 0.380. The molecular formula is C14H20FNO. The van der Waals surface area contributed by atoms with E-state index in [1.807, 2.05) is 0 Å². The molecule has 0 heterocycles. The van der Waals surface area contributed by atoms with Crippen LogP contribution in [0, 0.1) is 11.7 Å². The van der Waals surface area contributed by atoms with Crippen LogP contribution in [-0.4, -0.2) is 17.7 Å². The van der Waals surface area contributed by atoms with Gasteiger partial charge in [0.1, 0.15) is 5.82 Å². The van der Waals surface area contributed by atoms with Crippen molar-refractivity contribution in [2.24, 2.45) is 5.92 Å². The minimum absolute atomic E-state index is 0.332. The molecule has 2 unspecified atom stereocenters. The zero-order chi connectivity index (χ0) is 12.3. The fourth-order valence-corrected chi connectivity index (χ4v) is 2.26. The molecule has 1 aliphatic rings. The topological polar surface area (TPSA) is 32.3 Å². The lowest BCUT2D eigenvalue weighted by Crippen LogP contribution is -2.34. The van der Waals surface area contributed by atoms with Gasteiger partial charge in [-0.15, -0.1) is 0 Å². The maximum absolute atomic E-state index is 13.4. The minimum Gasteiger partial charge on any atom is -0.387 e. The quantitative estimate of drug-likeness (QED) is 0.797. The lowest BCUT2D eigenvalue weighted by Gasteiger charge is -2.19. The maximum Gasteiger partial charge on any atom is 0.129 e. The third-order valence-corrected chi connectivity index (χ3v) is 3.47. The van der Waals surface area contributed by atoms with E-state index in [0.29, 0.717) is 18.2 Å². The van der Waals surface area contributed by atoms with Crippen molar-refractivity contribution in [3.63, 3.8) is 0 Å². The van der Waals surface area contributed by atoms with Crippen LogP contribution in [0.3, 0.4) is 0 Å². The Hall–Kier alpha value is -0.930. The molecule has 94 valence electrons. The van der Waals surface area contributed by atoms with Crippen molar-refractivity contribution in [3.05, 3.63) is 35.6 Å². The highest BCUT2D eigenvalue weighted by molar-refractivity contribution is 5.20. The van der Waals surface area contributed by atoms with Gasteiger partial charge in [-0.1, -0.05) is 25.1 Å². The molecule has 2 atom stereocenters. The second-order valence-corrected chi connectivity index (χ2v) is 4.80. The summed E-state index contributed by atoms with van der Waals surface area (Å²) in [5.74, 6) is 0.425. The van der Waals surface area contributed by atoms with Gasteiger partial charge in [0.05, 0.1) is 6.10 Å². The molecule has 0 saturated heterocycles. The molecule has 1 aliphatic carbocycles. The van der Waals surface area contributed by atoms with Gasteiger partial charge in [-0.2, -0.15) is 0 Å². The fraction of sp³-hybridized carbons (Fsp3) is 0.571. The van der Waals surface area contributed by atoms with E-state index in [4.69, 9.17) is 0 Å². The smallest absolute Gasteiger partial charge is 0.129 e. The highest BCUT2D eigenvalue weighted by atomic mass is 19.1. The molecule has 0 radical (unpaired) electrons. The summed E-state index contributed by atoms with van der Waals surface area (Å²) in [5, 5.41) is 13.3. The lowest BCUT2D eigenvalue weighted by atomic mass is 10.1. The molecule has 2 nitrogen and oxygen atoms in total. The zero-order valence-electron chi connectivity index (χ0n) is 10.2. The molecule has 0 spiro atoms. The van der Waals surface area contributed by atoms with Gasteiger partial charge in [-0.25, -0.2) is 4.39 Å².